The molecule has 0 aliphatic carbocycles. The maximum absolute atomic E-state index is 5.54. The summed E-state index contributed by atoms with van der Waals surface area (Å²) in [6.45, 7) is 0. The molecular weight excluding hydrogens is 288 g/mol. The van der Waals surface area contributed by atoms with Gasteiger partial charge in [0.1, 0.15) is 0 Å². The highest BCUT2D eigenvalue weighted by molar-refractivity contribution is 9.10. The first-order valence-electron chi connectivity index (χ1n) is 4.74. The summed E-state index contributed by atoms with van der Waals surface area (Å²) in [7, 11) is 0. The Hall–Kier alpha value is -0.820. The van der Waals surface area contributed by atoms with E-state index < -0.39 is 0 Å². The van der Waals surface area contributed by atoms with Gasteiger partial charge in [0.15, 0.2) is 0 Å². The lowest BCUT2D eigenvalue weighted by Gasteiger charge is -2.13. The maximum Gasteiger partial charge on any atom is 0.0794 e. The molecule has 0 aliphatic heterocycles. The fourth-order valence-corrected chi connectivity index (χ4v) is 2.26. The summed E-state index contributed by atoms with van der Waals surface area (Å²) in [6, 6.07) is 3.93. The third-order valence-electron chi connectivity index (χ3n) is 2.20. The number of halogens is 1. The molecule has 2 aromatic heterocycles. The van der Waals surface area contributed by atoms with Crippen LogP contribution in [0.1, 0.15) is 16.6 Å². The molecule has 0 fully saturated rings. The van der Waals surface area contributed by atoms with E-state index in [0.29, 0.717) is 0 Å². The second kappa shape index (κ2) is 5.49. The van der Waals surface area contributed by atoms with Gasteiger partial charge in [-0.2, -0.15) is 0 Å². The van der Waals surface area contributed by atoms with Crippen LogP contribution in [0.15, 0.2) is 34.5 Å². The summed E-state index contributed by atoms with van der Waals surface area (Å²) in [5.74, 6) is 5.54. The minimum Gasteiger partial charge on any atom is -0.271 e. The van der Waals surface area contributed by atoms with Gasteiger partial charge < -0.3 is 0 Å². The normalized spacial score (nSPS) is 12.6. The van der Waals surface area contributed by atoms with Crippen LogP contribution >= 0.6 is 27.3 Å². The highest BCUT2D eigenvalue weighted by Gasteiger charge is 2.12. The van der Waals surface area contributed by atoms with Crippen molar-refractivity contribution in [3.8, 4) is 0 Å². The number of pyridine rings is 1. The molecule has 4 nitrogen and oxygen atoms in total. The summed E-state index contributed by atoms with van der Waals surface area (Å²) >= 11 is 4.98. The molecule has 0 saturated heterocycles. The number of hydrazine groups is 1. The zero-order chi connectivity index (χ0) is 11.4. The van der Waals surface area contributed by atoms with Gasteiger partial charge in [-0.15, -0.1) is 11.3 Å². The second-order valence-corrected chi connectivity index (χ2v) is 5.18. The lowest BCUT2D eigenvalue weighted by Crippen LogP contribution is -2.30. The van der Waals surface area contributed by atoms with E-state index in [1.54, 1.807) is 17.5 Å². The van der Waals surface area contributed by atoms with E-state index >= 15 is 0 Å². The van der Waals surface area contributed by atoms with Crippen LogP contribution in [-0.2, 0) is 6.42 Å². The number of nitrogens with two attached hydrogens (primary N) is 1. The molecule has 1 unspecified atom stereocenters. The van der Waals surface area contributed by atoms with Gasteiger partial charge in [-0.3, -0.25) is 21.2 Å². The van der Waals surface area contributed by atoms with Crippen molar-refractivity contribution >= 4 is 27.3 Å². The van der Waals surface area contributed by atoms with Crippen molar-refractivity contribution in [3.63, 3.8) is 0 Å². The molecular formula is C10H11BrN4S. The van der Waals surface area contributed by atoms with Crippen LogP contribution in [0.5, 0.6) is 0 Å². The largest absolute Gasteiger partial charge is 0.271 e. The van der Waals surface area contributed by atoms with Crippen molar-refractivity contribution in [2.45, 2.75) is 12.5 Å². The Bertz CT molecular complexity index is 429. The first kappa shape index (κ1) is 11.7. The number of hydrogen-bond donors (Lipinski definition) is 2. The minimum absolute atomic E-state index is 0.0218. The van der Waals surface area contributed by atoms with Crippen LogP contribution in [0.2, 0.25) is 0 Å². The average Bonchev–Trinajstić information content (AvgIpc) is 2.80. The molecule has 2 heterocycles. The quantitative estimate of drug-likeness (QED) is 0.670. The molecule has 0 saturated carbocycles. The third-order valence-corrected chi connectivity index (χ3v) is 3.47. The molecule has 1 atom stereocenters. The van der Waals surface area contributed by atoms with E-state index in [-0.39, 0.29) is 6.04 Å². The SMILES string of the molecule is NNC(Cc1cncs1)c1ccc(Br)cn1. The van der Waals surface area contributed by atoms with Gasteiger partial charge in [-0.05, 0) is 28.1 Å². The number of hydrogen-bond acceptors (Lipinski definition) is 5. The zero-order valence-electron chi connectivity index (χ0n) is 8.43. The molecule has 84 valence electrons. The summed E-state index contributed by atoms with van der Waals surface area (Å²) in [5, 5.41) is 0. The molecule has 0 radical (unpaired) electrons. The van der Waals surface area contributed by atoms with Crippen molar-refractivity contribution in [3.05, 3.63) is 45.1 Å². The summed E-state index contributed by atoms with van der Waals surface area (Å²) in [5.41, 5.74) is 5.52. The van der Waals surface area contributed by atoms with Crippen LogP contribution in [0.4, 0.5) is 0 Å². The first-order valence-corrected chi connectivity index (χ1v) is 6.42. The second-order valence-electron chi connectivity index (χ2n) is 3.29. The Morgan fingerprint density at radius 3 is 2.88 bits per heavy atom. The lowest BCUT2D eigenvalue weighted by molar-refractivity contribution is 0.541. The topological polar surface area (TPSA) is 63.8 Å². The van der Waals surface area contributed by atoms with E-state index in [1.165, 1.54) is 4.88 Å². The van der Waals surface area contributed by atoms with Crippen LogP contribution in [0, 0.1) is 0 Å². The third kappa shape index (κ3) is 2.85. The Morgan fingerprint density at radius 1 is 1.44 bits per heavy atom. The highest BCUT2D eigenvalue weighted by Crippen LogP contribution is 2.19. The minimum atomic E-state index is 0.0218. The standard InChI is InChI=1S/C10H11BrN4S/c11-7-1-2-9(14-4-7)10(15-12)3-8-5-13-6-16-8/h1-2,4-6,10,15H,3,12H2. The number of rotatable bonds is 4. The number of thiazole rings is 1. The molecule has 2 aromatic rings. The maximum atomic E-state index is 5.54. The first-order chi connectivity index (χ1) is 7.79. The van der Waals surface area contributed by atoms with Gasteiger partial charge in [0.05, 0.1) is 17.2 Å². The molecule has 0 bridgehead atoms. The number of nitrogens with one attached hydrogen (secondary N) is 1. The van der Waals surface area contributed by atoms with Crippen LogP contribution in [-0.4, -0.2) is 9.97 Å². The van der Waals surface area contributed by atoms with Gasteiger partial charge >= 0.3 is 0 Å². The Labute approximate surface area is 106 Å². The molecule has 0 spiro atoms. The molecule has 3 N–H and O–H groups in total. The van der Waals surface area contributed by atoms with Crippen molar-refractivity contribution in [2.75, 3.05) is 0 Å². The van der Waals surface area contributed by atoms with E-state index in [0.717, 1.165) is 16.6 Å². The Kier molecular flexibility index (Phi) is 4.00. The Balaban J connectivity index is 2.13. The molecule has 0 aliphatic rings. The van der Waals surface area contributed by atoms with Crippen molar-refractivity contribution < 1.29 is 0 Å². The van der Waals surface area contributed by atoms with Gasteiger partial charge in [0.2, 0.25) is 0 Å². The summed E-state index contributed by atoms with van der Waals surface area (Å²) in [6.07, 6.45) is 4.43. The molecule has 6 heteroatoms. The van der Waals surface area contributed by atoms with Crippen molar-refractivity contribution in [2.24, 2.45) is 5.84 Å². The highest BCUT2D eigenvalue weighted by atomic mass is 79.9. The fraction of sp³-hybridized carbons (Fsp3) is 0.200. The van der Waals surface area contributed by atoms with E-state index in [2.05, 4.69) is 31.3 Å². The molecule has 0 aromatic carbocycles. The predicted octanol–water partition coefficient (Wildman–Crippen LogP) is 2.05. The summed E-state index contributed by atoms with van der Waals surface area (Å²) < 4.78 is 0.963. The zero-order valence-corrected chi connectivity index (χ0v) is 10.8. The van der Waals surface area contributed by atoms with Crippen molar-refractivity contribution in [1.82, 2.24) is 15.4 Å². The van der Waals surface area contributed by atoms with Crippen LogP contribution in [0.25, 0.3) is 0 Å². The van der Waals surface area contributed by atoms with Crippen LogP contribution in [0.3, 0.4) is 0 Å². The van der Waals surface area contributed by atoms with E-state index in [9.17, 15) is 0 Å². The Morgan fingerprint density at radius 2 is 2.31 bits per heavy atom. The predicted molar refractivity (Wildman–Crippen MR) is 67.8 cm³/mol. The van der Waals surface area contributed by atoms with E-state index in [1.807, 2.05) is 23.8 Å². The van der Waals surface area contributed by atoms with Gasteiger partial charge in [-0.1, -0.05) is 0 Å². The molecule has 2 rings (SSSR count). The molecule has 0 amide bonds. The van der Waals surface area contributed by atoms with E-state index in [4.69, 9.17) is 5.84 Å². The summed E-state index contributed by atoms with van der Waals surface area (Å²) in [4.78, 5) is 9.55. The average molecular weight is 299 g/mol. The fourth-order valence-electron chi connectivity index (χ4n) is 1.39. The number of nitrogens with zero attached hydrogens (tertiary/aromatic N) is 2. The van der Waals surface area contributed by atoms with Gasteiger partial charge in [0.25, 0.3) is 0 Å². The number of aromatic nitrogens is 2. The van der Waals surface area contributed by atoms with Gasteiger partial charge in [0, 0.05) is 28.2 Å². The smallest absolute Gasteiger partial charge is 0.0794 e. The monoisotopic (exact) mass is 298 g/mol. The lowest BCUT2D eigenvalue weighted by atomic mass is 10.1. The van der Waals surface area contributed by atoms with Gasteiger partial charge in [-0.25, -0.2) is 0 Å². The molecule has 16 heavy (non-hydrogen) atoms. The van der Waals surface area contributed by atoms with Crippen LogP contribution < -0.4 is 11.3 Å². The van der Waals surface area contributed by atoms with Crippen molar-refractivity contribution in [1.29, 1.82) is 0 Å².